The molecule has 2 aromatic carbocycles. The Kier molecular flexibility index (Phi) is 6.71. The minimum absolute atomic E-state index is 0.0435. The van der Waals surface area contributed by atoms with Gasteiger partial charge in [0, 0.05) is 18.2 Å². The number of nitriles is 1. The fourth-order valence-corrected chi connectivity index (χ4v) is 3.60. The fourth-order valence-electron chi connectivity index (χ4n) is 3.60. The van der Waals surface area contributed by atoms with Gasteiger partial charge in [-0.1, -0.05) is 42.5 Å². The topological polar surface area (TPSA) is 77.8 Å². The summed E-state index contributed by atoms with van der Waals surface area (Å²) in [5.41, 5.74) is 4.65. The van der Waals surface area contributed by atoms with E-state index in [9.17, 15) is 4.79 Å². The summed E-state index contributed by atoms with van der Waals surface area (Å²) in [6, 6.07) is 23.5. The standard InChI is InChI=1S/C26H26N4O/c27-16-20-8-6-19(7-9-20)14-15-28-18-24(21-4-2-1-3-5-21)26(31)30-23-12-13-25(29-17-23)22-10-11-22/h1-9,12-13,17,22,24,28H,10-11,14-15,18H2,(H,30,31). The van der Waals surface area contributed by atoms with Crippen LogP contribution in [0.1, 0.15) is 47.1 Å². The molecule has 0 radical (unpaired) electrons. The summed E-state index contributed by atoms with van der Waals surface area (Å²) in [7, 11) is 0. The normalized spacial score (nSPS) is 13.9. The van der Waals surface area contributed by atoms with E-state index >= 15 is 0 Å². The highest BCUT2D eigenvalue weighted by Crippen LogP contribution is 2.38. The van der Waals surface area contributed by atoms with Crippen LogP contribution < -0.4 is 10.6 Å². The van der Waals surface area contributed by atoms with Crippen molar-refractivity contribution in [3.63, 3.8) is 0 Å². The molecule has 1 heterocycles. The van der Waals surface area contributed by atoms with Gasteiger partial charge in [-0.25, -0.2) is 0 Å². The Balaban J connectivity index is 1.35. The molecule has 1 fully saturated rings. The van der Waals surface area contributed by atoms with E-state index < -0.39 is 0 Å². The van der Waals surface area contributed by atoms with Crippen LogP contribution in [0.25, 0.3) is 0 Å². The van der Waals surface area contributed by atoms with E-state index in [4.69, 9.17) is 5.26 Å². The molecule has 0 bridgehead atoms. The first-order valence-corrected chi connectivity index (χ1v) is 10.7. The van der Waals surface area contributed by atoms with Crippen molar-refractivity contribution in [3.8, 4) is 6.07 Å². The van der Waals surface area contributed by atoms with Gasteiger partial charge in [-0.05, 0) is 61.2 Å². The monoisotopic (exact) mass is 410 g/mol. The highest BCUT2D eigenvalue weighted by Gasteiger charge is 2.25. The van der Waals surface area contributed by atoms with Crippen molar-refractivity contribution < 1.29 is 4.79 Å². The highest BCUT2D eigenvalue weighted by atomic mass is 16.1. The van der Waals surface area contributed by atoms with Crippen LogP contribution in [0.3, 0.4) is 0 Å². The van der Waals surface area contributed by atoms with Gasteiger partial charge in [-0.15, -0.1) is 0 Å². The summed E-state index contributed by atoms with van der Waals surface area (Å²) < 4.78 is 0. The van der Waals surface area contributed by atoms with Crippen LogP contribution >= 0.6 is 0 Å². The SMILES string of the molecule is N#Cc1ccc(CCNCC(C(=O)Nc2ccc(C3CC3)nc2)c2ccccc2)cc1. The summed E-state index contributed by atoms with van der Waals surface area (Å²) in [6.07, 6.45) is 5.01. The van der Waals surface area contributed by atoms with Gasteiger partial charge >= 0.3 is 0 Å². The molecule has 1 unspecified atom stereocenters. The Bertz CT molecular complexity index is 1040. The Hall–Kier alpha value is -3.49. The van der Waals surface area contributed by atoms with Crippen molar-refractivity contribution in [2.75, 3.05) is 18.4 Å². The maximum absolute atomic E-state index is 13.1. The molecule has 2 N–H and O–H groups in total. The van der Waals surface area contributed by atoms with Gasteiger partial charge < -0.3 is 10.6 Å². The second-order valence-electron chi connectivity index (χ2n) is 7.96. The van der Waals surface area contributed by atoms with Gasteiger partial charge in [0.25, 0.3) is 0 Å². The third-order valence-electron chi connectivity index (χ3n) is 5.59. The van der Waals surface area contributed by atoms with Crippen molar-refractivity contribution in [3.05, 3.63) is 95.3 Å². The average molecular weight is 411 g/mol. The fraction of sp³-hybridized carbons (Fsp3) is 0.269. The van der Waals surface area contributed by atoms with E-state index in [1.807, 2.05) is 66.7 Å². The number of nitrogens with zero attached hydrogens (tertiary/aromatic N) is 2. The molecule has 0 aliphatic heterocycles. The zero-order valence-electron chi connectivity index (χ0n) is 17.4. The van der Waals surface area contributed by atoms with Crippen molar-refractivity contribution in [2.45, 2.75) is 31.1 Å². The largest absolute Gasteiger partial charge is 0.324 e. The van der Waals surface area contributed by atoms with Crippen LogP contribution in [0.4, 0.5) is 5.69 Å². The number of pyridine rings is 1. The van der Waals surface area contributed by atoms with Crippen molar-refractivity contribution in [1.29, 1.82) is 5.26 Å². The Morgan fingerprint density at radius 3 is 2.48 bits per heavy atom. The van der Waals surface area contributed by atoms with Gasteiger partial charge in [-0.3, -0.25) is 9.78 Å². The van der Waals surface area contributed by atoms with Crippen molar-refractivity contribution >= 4 is 11.6 Å². The van der Waals surface area contributed by atoms with E-state index in [1.54, 1.807) is 6.20 Å². The number of carbonyl (C=O) groups excluding carboxylic acids is 1. The predicted molar refractivity (Wildman–Crippen MR) is 122 cm³/mol. The molecule has 1 amide bonds. The smallest absolute Gasteiger partial charge is 0.233 e. The number of hydrogen-bond donors (Lipinski definition) is 2. The molecule has 0 saturated heterocycles. The summed E-state index contributed by atoms with van der Waals surface area (Å²) >= 11 is 0. The number of aromatic nitrogens is 1. The first kappa shape index (κ1) is 20.8. The Labute approximate surface area is 183 Å². The number of hydrogen-bond acceptors (Lipinski definition) is 4. The van der Waals surface area contributed by atoms with Crippen molar-refractivity contribution in [2.24, 2.45) is 0 Å². The maximum Gasteiger partial charge on any atom is 0.233 e. The molecule has 3 aromatic rings. The minimum atomic E-state index is -0.301. The molecular weight excluding hydrogens is 384 g/mol. The van der Waals surface area contributed by atoms with Gasteiger partial charge in [0.1, 0.15) is 0 Å². The molecule has 5 heteroatoms. The molecule has 1 aromatic heterocycles. The van der Waals surface area contributed by atoms with E-state index in [0.717, 1.165) is 35.5 Å². The third kappa shape index (κ3) is 5.78. The number of benzene rings is 2. The minimum Gasteiger partial charge on any atom is -0.324 e. The quantitative estimate of drug-likeness (QED) is 0.513. The zero-order valence-corrected chi connectivity index (χ0v) is 17.4. The van der Waals surface area contributed by atoms with Gasteiger partial charge in [0.2, 0.25) is 5.91 Å². The van der Waals surface area contributed by atoms with Crippen LogP contribution in [0.5, 0.6) is 0 Å². The van der Waals surface area contributed by atoms with Gasteiger partial charge in [0.05, 0.1) is 29.4 Å². The van der Waals surface area contributed by atoms with Crippen molar-refractivity contribution in [1.82, 2.24) is 10.3 Å². The molecule has 1 atom stereocenters. The van der Waals surface area contributed by atoms with Gasteiger partial charge in [-0.2, -0.15) is 5.26 Å². The molecule has 1 aliphatic rings. The predicted octanol–water partition coefficient (Wildman–Crippen LogP) is 4.39. The number of amides is 1. The number of rotatable bonds is 9. The van der Waals surface area contributed by atoms with Crippen LogP contribution in [-0.2, 0) is 11.2 Å². The Morgan fingerprint density at radius 1 is 1.06 bits per heavy atom. The lowest BCUT2D eigenvalue weighted by Gasteiger charge is -2.18. The van der Waals surface area contributed by atoms with E-state index in [0.29, 0.717) is 18.0 Å². The number of anilines is 1. The summed E-state index contributed by atoms with van der Waals surface area (Å²) in [5, 5.41) is 15.4. The van der Waals surface area contributed by atoms with E-state index in [1.165, 1.54) is 12.8 Å². The second kappa shape index (κ2) is 10.0. The van der Waals surface area contributed by atoms with Crippen LogP contribution in [0.2, 0.25) is 0 Å². The highest BCUT2D eigenvalue weighted by molar-refractivity contribution is 5.95. The van der Waals surface area contributed by atoms with Gasteiger partial charge in [0.15, 0.2) is 0 Å². The lowest BCUT2D eigenvalue weighted by molar-refractivity contribution is -0.117. The Morgan fingerprint density at radius 2 is 1.84 bits per heavy atom. The maximum atomic E-state index is 13.1. The lowest BCUT2D eigenvalue weighted by atomic mass is 9.98. The molecular formula is C26H26N4O. The molecule has 4 rings (SSSR count). The van der Waals surface area contributed by atoms with Crippen LogP contribution in [0.15, 0.2) is 72.9 Å². The summed E-state index contributed by atoms with van der Waals surface area (Å²) in [6.45, 7) is 1.29. The lowest BCUT2D eigenvalue weighted by Crippen LogP contribution is -2.32. The first-order chi connectivity index (χ1) is 15.2. The van der Waals surface area contributed by atoms with Crippen LogP contribution in [-0.4, -0.2) is 24.0 Å². The van der Waals surface area contributed by atoms with E-state index in [2.05, 4.69) is 21.7 Å². The number of nitrogens with one attached hydrogen (secondary N) is 2. The molecule has 1 saturated carbocycles. The zero-order chi connectivity index (χ0) is 21.5. The molecule has 31 heavy (non-hydrogen) atoms. The molecule has 1 aliphatic carbocycles. The van der Waals surface area contributed by atoms with Crippen LogP contribution in [0, 0.1) is 11.3 Å². The summed E-state index contributed by atoms with van der Waals surface area (Å²) in [5.74, 6) is 0.255. The third-order valence-corrected chi connectivity index (χ3v) is 5.59. The second-order valence-corrected chi connectivity index (χ2v) is 7.96. The van der Waals surface area contributed by atoms with E-state index in [-0.39, 0.29) is 11.8 Å². The number of carbonyl (C=O) groups is 1. The molecule has 0 spiro atoms. The molecule has 5 nitrogen and oxygen atoms in total. The first-order valence-electron chi connectivity index (χ1n) is 10.7. The summed E-state index contributed by atoms with van der Waals surface area (Å²) in [4.78, 5) is 17.6. The average Bonchev–Trinajstić information content (AvgIpc) is 3.66. The molecule has 156 valence electrons.